The smallest absolute Gasteiger partial charge is 0.268 e. The van der Waals surface area contributed by atoms with Crippen molar-refractivity contribution in [3.05, 3.63) is 65.7 Å². The minimum atomic E-state index is -1.12. The molecule has 0 aliphatic heterocycles. The SMILES string of the molecule is COc1cc2c(cc1NC(=O)C(C)(C)Oc1ccc(Cl)cc1)oc1ccccc12. The number of halogens is 1. The van der Waals surface area contributed by atoms with Crippen LogP contribution in [0.15, 0.2) is 65.1 Å². The number of fused-ring (bicyclic) bond motifs is 3. The van der Waals surface area contributed by atoms with Crippen LogP contribution in [0.2, 0.25) is 5.02 Å². The molecule has 0 saturated heterocycles. The number of ether oxygens (including phenoxy) is 2. The van der Waals surface area contributed by atoms with Gasteiger partial charge >= 0.3 is 0 Å². The van der Waals surface area contributed by atoms with Gasteiger partial charge in [-0.25, -0.2) is 0 Å². The zero-order valence-electron chi connectivity index (χ0n) is 16.3. The molecule has 29 heavy (non-hydrogen) atoms. The Balaban J connectivity index is 1.64. The highest BCUT2D eigenvalue weighted by Crippen LogP contribution is 2.36. The lowest BCUT2D eigenvalue weighted by Gasteiger charge is -2.25. The summed E-state index contributed by atoms with van der Waals surface area (Å²) in [6.45, 7) is 3.40. The molecular weight excluding hydrogens is 390 g/mol. The standard InChI is InChI=1S/C23H20ClNO4/c1-23(2,29-15-10-8-14(24)9-11-15)22(26)25-18-13-20-17(12-21(18)27-3)16-6-4-5-7-19(16)28-20/h4-13H,1-3H3,(H,25,26). The third-order valence-corrected chi connectivity index (χ3v) is 4.93. The van der Waals surface area contributed by atoms with Crippen molar-refractivity contribution >= 4 is 45.1 Å². The normalized spacial score (nSPS) is 11.6. The molecule has 6 heteroatoms. The van der Waals surface area contributed by atoms with E-state index in [9.17, 15) is 4.79 Å². The average Bonchev–Trinajstić information content (AvgIpc) is 3.06. The minimum absolute atomic E-state index is 0.318. The molecule has 0 bridgehead atoms. The summed E-state index contributed by atoms with van der Waals surface area (Å²) in [4.78, 5) is 12.9. The van der Waals surface area contributed by atoms with Gasteiger partial charge in [0.05, 0.1) is 12.8 Å². The fraction of sp³-hybridized carbons (Fsp3) is 0.174. The molecule has 0 aliphatic rings. The molecule has 0 atom stereocenters. The molecule has 0 radical (unpaired) electrons. The summed E-state index contributed by atoms with van der Waals surface area (Å²) in [6.07, 6.45) is 0. The first kappa shape index (κ1) is 19.2. The van der Waals surface area contributed by atoms with Crippen molar-refractivity contribution in [1.82, 2.24) is 0 Å². The Kier molecular flexibility index (Phi) is 4.84. The first-order valence-corrected chi connectivity index (χ1v) is 9.50. The Morgan fingerprint density at radius 2 is 1.72 bits per heavy atom. The van der Waals surface area contributed by atoms with Crippen LogP contribution in [-0.4, -0.2) is 18.6 Å². The molecule has 148 valence electrons. The summed E-state index contributed by atoms with van der Waals surface area (Å²) >= 11 is 5.91. The van der Waals surface area contributed by atoms with Gasteiger partial charge in [-0.1, -0.05) is 29.8 Å². The van der Waals surface area contributed by atoms with E-state index in [4.69, 9.17) is 25.5 Å². The van der Waals surface area contributed by atoms with E-state index in [0.717, 1.165) is 16.4 Å². The van der Waals surface area contributed by atoms with Crippen molar-refractivity contribution < 1.29 is 18.7 Å². The van der Waals surface area contributed by atoms with E-state index in [1.165, 1.54) is 0 Å². The van der Waals surface area contributed by atoms with Crippen molar-refractivity contribution in [2.24, 2.45) is 0 Å². The Morgan fingerprint density at radius 3 is 2.45 bits per heavy atom. The third kappa shape index (κ3) is 3.74. The molecule has 1 N–H and O–H groups in total. The van der Waals surface area contributed by atoms with E-state index in [2.05, 4.69) is 5.32 Å². The molecule has 1 aromatic heterocycles. The van der Waals surface area contributed by atoms with Gasteiger partial charge in [-0.2, -0.15) is 0 Å². The first-order valence-electron chi connectivity index (χ1n) is 9.13. The molecule has 1 amide bonds. The molecule has 0 aliphatic carbocycles. The highest BCUT2D eigenvalue weighted by Gasteiger charge is 2.31. The van der Waals surface area contributed by atoms with Gasteiger partial charge in [0.15, 0.2) is 5.60 Å². The number of carbonyl (C=O) groups is 1. The number of rotatable bonds is 5. The maximum atomic E-state index is 12.9. The average molecular weight is 410 g/mol. The first-order chi connectivity index (χ1) is 13.9. The van der Waals surface area contributed by atoms with Gasteiger partial charge in [0, 0.05) is 21.9 Å². The van der Waals surface area contributed by atoms with Gasteiger partial charge in [0.1, 0.15) is 22.7 Å². The van der Waals surface area contributed by atoms with Gasteiger partial charge in [-0.3, -0.25) is 4.79 Å². The van der Waals surface area contributed by atoms with E-state index >= 15 is 0 Å². The minimum Gasteiger partial charge on any atom is -0.495 e. The van der Waals surface area contributed by atoms with Crippen LogP contribution in [0.25, 0.3) is 21.9 Å². The summed E-state index contributed by atoms with van der Waals surface area (Å²) in [5.41, 5.74) is 0.830. The second-order valence-corrected chi connectivity index (χ2v) is 7.60. The Labute approximate surface area is 173 Å². The lowest BCUT2D eigenvalue weighted by Crippen LogP contribution is -2.42. The molecule has 0 unspecified atom stereocenters. The van der Waals surface area contributed by atoms with E-state index < -0.39 is 5.60 Å². The second-order valence-electron chi connectivity index (χ2n) is 7.17. The fourth-order valence-corrected chi connectivity index (χ4v) is 3.26. The summed E-state index contributed by atoms with van der Waals surface area (Å²) < 4.78 is 17.3. The quantitative estimate of drug-likeness (QED) is 0.436. The molecule has 0 saturated carbocycles. The molecule has 1 heterocycles. The number of nitrogens with one attached hydrogen (secondary N) is 1. The summed E-state index contributed by atoms with van der Waals surface area (Å²) in [6, 6.07) is 18.3. The van der Waals surface area contributed by atoms with Crippen LogP contribution < -0.4 is 14.8 Å². The summed E-state index contributed by atoms with van der Waals surface area (Å²) in [5.74, 6) is 0.773. The van der Waals surface area contributed by atoms with Crippen LogP contribution in [0, 0.1) is 0 Å². The third-order valence-electron chi connectivity index (χ3n) is 4.68. The summed E-state index contributed by atoms with van der Waals surface area (Å²) in [5, 5.41) is 5.41. The predicted molar refractivity (Wildman–Crippen MR) is 115 cm³/mol. The summed E-state index contributed by atoms with van der Waals surface area (Å²) in [7, 11) is 1.56. The van der Waals surface area contributed by atoms with Crippen molar-refractivity contribution in [2.75, 3.05) is 12.4 Å². The Hall–Kier alpha value is -3.18. The largest absolute Gasteiger partial charge is 0.495 e. The van der Waals surface area contributed by atoms with Crippen LogP contribution in [0.1, 0.15) is 13.8 Å². The van der Waals surface area contributed by atoms with E-state index in [-0.39, 0.29) is 5.91 Å². The van der Waals surface area contributed by atoms with E-state index in [0.29, 0.717) is 27.8 Å². The molecule has 0 spiro atoms. The van der Waals surface area contributed by atoms with Crippen LogP contribution in [0.3, 0.4) is 0 Å². The van der Waals surface area contributed by atoms with Crippen LogP contribution in [-0.2, 0) is 4.79 Å². The van der Waals surface area contributed by atoms with Crippen molar-refractivity contribution in [3.8, 4) is 11.5 Å². The lowest BCUT2D eigenvalue weighted by atomic mass is 10.1. The van der Waals surface area contributed by atoms with Crippen molar-refractivity contribution in [3.63, 3.8) is 0 Å². The van der Waals surface area contributed by atoms with Crippen LogP contribution in [0.5, 0.6) is 11.5 Å². The maximum absolute atomic E-state index is 12.9. The monoisotopic (exact) mass is 409 g/mol. The zero-order valence-corrected chi connectivity index (χ0v) is 17.0. The van der Waals surface area contributed by atoms with Crippen LogP contribution >= 0.6 is 11.6 Å². The van der Waals surface area contributed by atoms with Crippen LogP contribution in [0.4, 0.5) is 5.69 Å². The number of hydrogen-bond donors (Lipinski definition) is 1. The Morgan fingerprint density at radius 1 is 1.00 bits per heavy atom. The highest BCUT2D eigenvalue weighted by atomic mass is 35.5. The highest BCUT2D eigenvalue weighted by molar-refractivity contribution is 6.30. The van der Waals surface area contributed by atoms with E-state index in [1.807, 2.05) is 30.3 Å². The number of amides is 1. The topological polar surface area (TPSA) is 60.7 Å². The van der Waals surface area contributed by atoms with E-state index in [1.54, 1.807) is 51.3 Å². The number of para-hydroxylation sites is 1. The molecule has 3 aromatic carbocycles. The number of carbonyl (C=O) groups excluding carboxylic acids is 1. The van der Waals surface area contributed by atoms with Crippen molar-refractivity contribution in [2.45, 2.75) is 19.4 Å². The number of furan rings is 1. The molecule has 5 nitrogen and oxygen atoms in total. The van der Waals surface area contributed by atoms with Gasteiger partial charge in [-0.05, 0) is 50.2 Å². The maximum Gasteiger partial charge on any atom is 0.268 e. The fourth-order valence-electron chi connectivity index (χ4n) is 3.13. The van der Waals surface area contributed by atoms with Crippen molar-refractivity contribution in [1.29, 1.82) is 0 Å². The lowest BCUT2D eigenvalue weighted by molar-refractivity contribution is -0.128. The number of anilines is 1. The van der Waals surface area contributed by atoms with Gasteiger partial charge in [-0.15, -0.1) is 0 Å². The molecule has 0 fully saturated rings. The number of hydrogen-bond acceptors (Lipinski definition) is 4. The molecular formula is C23H20ClNO4. The predicted octanol–water partition coefficient (Wildman–Crippen LogP) is 6.04. The van der Waals surface area contributed by atoms with Gasteiger partial charge < -0.3 is 19.2 Å². The van der Waals surface area contributed by atoms with Gasteiger partial charge in [0.2, 0.25) is 0 Å². The Bertz CT molecular complexity index is 1190. The number of benzene rings is 3. The molecule has 4 rings (SSSR count). The molecule has 4 aromatic rings. The number of methoxy groups -OCH3 is 1. The zero-order chi connectivity index (χ0) is 20.6. The second kappa shape index (κ2) is 7.33. The van der Waals surface area contributed by atoms with Gasteiger partial charge in [0.25, 0.3) is 5.91 Å².